The molecule has 0 radical (unpaired) electrons. The molecule has 0 aromatic heterocycles. The molecule has 0 saturated carbocycles. The Bertz CT molecular complexity index is 721. The van der Waals surface area contributed by atoms with E-state index in [-0.39, 0.29) is 5.91 Å². The molecule has 1 amide bonds. The van der Waals surface area contributed by atoms with E-state index in [1.807, 2.05) is 57.2 Å². The minimum absolute atomic E-state index is 0.217. The van der Waals surface area contributed by atoms with Crippen LogP contribution in [0.5, 0.6) is 5.75 Å². The fourth-order valence-corrected chi connectivity index (χ4v) is 1.99. The van der Waals surface area contributed by atoms with Gasteiger partial charge in [-0.15, -0.1) is 0 Å². The van der Waals surface area contributed by atoms with Crippen LogP contribution in [0, 0.1) is 13.8 Å². The first-order valence-corrected chi connectivity index (χ1v) is 7.07. The second-order valence-electron chi connectivity index (χ2n) is 5.17. The van der Waals surface area contributed by atoms with Gasteiger partial charge in [0.1, 0.15) is 5.75 Å². The van der Waals surface area contributed by atoms with E-state index in [1.54, 1.807) is 13.2 Å². The van der Waals surface area contributed by atoms with Crippen LogP contribution in [0.15, 0.2) is 47.6 Å². The van der Waals surface area contributed by atoms with Gasteiger partial charge in [-0.05, 0) is 56.2 Å². The SMILES string of the molecule is COc1cccc(/C(C)=N/NC(=O)c2ccc(C)c(C)c2)c1. The largest absolute Gasteiger partial charge is 0.497 e. The van der Waals surface area contributed by atoms with Crippen molar-refractivity contribution in [3.05, 3.63) is 64.7 Å². The Hall–Kier alpha value is -2.62. The van der Waals surface area contributed by atoms with Gasteiger partial charge in [-0.3, -0.25) is 4.79 Å². The van der Waals surface area contributed by atoms with E-state index in [0.717, 1.165) is 28.2 Å². The first-order chi connectivity index (χ1) is 10.5. The molecule has 0 unspecified atom stereocenters. The number of hydrogen-bond donors (Lipinski definition) is 1. The lowest BCUT2D eigenvalue weighted by atomic mass is 10.1. The van der Waals surface area contributed by atoms with Gasteiger partial charge in [-0.25, -0.2) is 5.43 Å². The first-order valence-electron chi connectivity index (χ1n) is 7.07. The second-order valence-corrected chi connectivity index (χ2v) is 5.17. The van der Waals surface area contributed by atoms with Gasteiger partial charge in [-0.2, -0.15) is 5.10 Å². The van der Waals surface area contributed by atoms with Gasteiger partial charge in [0.2, 0.25) is 0 Å². The Labute approximate surface area is 130 Å². The van der Waals surface area contributed by atoms with E-state index in [2.05, 4.69) is 10.5 Å². The summed E-state index contributed by atoms with van der Waals surface area (Å²) in [5, 5.41) is 4.16. The lowest BCUT2D eigenvalue weighted by Crippen LogP contribution is -2.19. The van der Waals surface area contributed by atoms with Crippen LogP contribution in [0.2, 0.25) is 0 Å². The van der Waals surface area contributed by atoms with Crippen LogP contribution in [0.4, 0.5) is 0 Å². The van der Waals surface area contributed by atoms with Crippen LogP contribution >= 0.6 is 0 Å². The number of ether oxygens (including phenoxy) is 1. The van der Waals surface area contributed by atoms with Crippen molar-refractivity contribution in [3.8, 4) is 5.75 Å². The van der Waals surface area contributed by atoms with Crippen LogP contribution in [-0.2, 0) is 0 Å². The molecule has 4 nitrogen and oxygen atoms in total. The predicted octanol–water partition coefficient (Wildman–Crippen LogP) is 3.47. The molecule has 4 heteroatoms. The molecule has 0 saturated heterocycles. The smallest absolute Gasteiger partial charge is 0.271 e. The Morgan fingerprint density at radius 2 is 1.82 bits per heavy atom. The number of nitrogens with zero attached hydrogens (tertiary/aromatic N) is 1. The number of benzene rings is 2. The van der Waals surface area contributed by atoms with E-state index in [1.165, 1.54) is 0 Å². The molecule has 0 atom stereocenters. The molecule has 2 aromatic carbocycles. The monoisotopic (exact) mass is 296 g/mol. The van der Waals surface area contributed by atoms with Gasteiger partial charge >= 0.3 is 0 Å². The average molecular weight is 296 g/mol. The molecule has 0 aliphatic carbocycles. The van der Waals surface area contributed by atoms with Crippen molar-refractivity contribution >= 4 is 11.6 Å². The average Bonchev–Trinajstić information content (AvgIpc) is 2.54. The molecular weight excluding hydrogens is 276 g/mol. The van der Waals surface area contributed by atoms with Crippen molar-refractivity contribution in [2.45, 2.75) is 20.8 Å². The Kier molecular flexibility index (Phi) is 4.94. The lowest BCUT2D eigenvalue weighted by Gasteiger charge is -2.06. The Morgan fingerprint density at radius 1 is 1.05 bits per heavy atom. The number of nitrogens with one attached hydrogen (secondary N) is 1. The van der Waals surface area contributed by atoms with E-state index in [4.69, 9.17) is 4.74 Å². The first kappa shape index (κ1) is 15.8. The van der Waals surface area contributed by atoms with E-state index < -0.39 is 0 Å². The molecule has 2 aromatic rings. The molecule has 2 rings (SSSR count). The number of carbonyl (C=O) groups is 1. The Morgan fingerprint density at radius 3 is 2.50 bits per heavy atom. The number of carbonyl (C=O) groups excluding carboxylic acids is 1. The highest BCUT2D eigenvalue weighted by Gasteiger charge is 2.06. The van der Waals surface area contributed by atoms with Gasteiger partial charge < -0.3 is 4.74 Å². The summed E-state index contributed by atoms with van der Waals surface area (Å²) in [5.41, 5.74) is 7.06. The molecule has 1 N–H and O–H groups in total. The summed E-state index contributed by atoms with van der Waals surface area (Å²) in [7, 11) is 1.62. The maximum atomic E-state index is 12.1. The fourth-order valence-electron chi connectivity index (χ4n) is 1.99. The standard InChI is InChI=1S/C18H20N2O2/c1-12-8-9-16(10-13(12)2)18(21)20-19-14(3)15-6-5-7-17(11-15)22-4/h5-11H,1-4H3,(H,20,21)/b19-14+. The molecule has 0 spiro atoms. The molecule has 0 heterocycles. The molecule has 0 fully saturated rings. The quantitative estimate of drug-likeness (QED) is 0.694. The summed E-state index contributed by atoms with van der Waals surface area (Å²) in [5.74, 6) is 0.540. The lowest BCUT2D eigenvalue weighted by molar-refractivity contribution is 0.0954. The third kappa shape index (κ3) is 3.73. The third-order valence-electron chi connectivity index (χ3n) is 3.58. The predicted molar refractivity (Wildman–Crippen MR) is 88.6 cm³/mol. The summed E-state index contributed by atoms with van der Waals surface area (Å²) in [6.45, 7) is 5.84. The van der Waals surface area contributed by atoms with Gasteiger partial charge in [0.05, 0.1) is 12.8 Å². The zero-order chi connectivity index (χ0) is 16.1. The van der Waals surface area contributed by atoms with E-state index >= 15 is 0 Å². The van der Waals surface area contributed by atoms with Crippen molar-refractivity contribution in [1.29, 1.82) is 0 Å². The van der Waals surface area contributed by atoms with Crippen molar-refractivity contribution < 1.29 is 9.53 Å². The van der Waals surface area contributed by atoms with Crippen LogP contribution in [0.1, 0.15) is 34.0 Å². The number of methoxy groups -OCH3 is 1. The minimum atomic E-state index is -0.217. The number of amides is 1. The zero-order valence-electron chi connectivity index (χ0n) is 13.3. The minimum Gasteiger partial charge on any atom is -0.497 e. The molecular formula is C18H20N2O2. The van der Waals surface area contributed by atoms with Crippen molar-refractivity contribution in [1.82, 2.24) is 5.43 Å². The Balaban J connectivity index is 2.12. The summed E-state index contributed by atoms with van der Waals surface area (Å²) < 4.78 is 5.18. The number of hydrogen-bond acceptors (Lipinski definition) is 3. The third-order valence-corrected chi connectivity index (χ3v) is 3.58. The molecule has 0 aliphatic rings. The van der Waals surface area contributed by atoms with E-state index in [0.29, 0.717) is 5.56 Å². The summed E-state index contributed by atoms with van der Waals surface area (Å²) in [4.78, 5) is 12.1. The van der Waals surface area contributed by atoms with Crippen LogP contribution in [-0.4, -0.2) is 18.7 Å². The molecule has 114 valence electrons. The van der Waals surface area contributed by atoms with E-state index in [9.17, 15) is 4.79 Å². The highest BCUT2D eigenvalue weighted by molar-refractivity contribution is 6.01. The number of aryl methyl sites for hydroxylation is 2. The fraction of sp³-hybridized carbons (Fsp3) is 0.222. The maximum Gasteiger partial charge on any atom is 0.271 e. The van der Waals surface area contributed by atoms with Crippen LogP contribution in [0.25, 0.3) is 0 Å². The van der Waals surface area contributed by atoms with Crippen molar-refractivity contribution in [3.63, 3.8) is 0 Å². The van der Waals surface area contributed by atoms with Gasteiger partial charge in [0, 0.05) is 11.1 Å². The normalized spacial score (nSPS) is 11.2. The summed E-state index contributed by atoms with van der Waals surface area (Å²) >= 11 is 0. The maximum absolute atomic E-state index is 12.1. The summed E-state index contributed by atoms with van der Waals surface area (Å²) in [6.07, 6.45) is 0. The highest BCUT2D eigenvalue weighted by atomic mass is 16.5. The molecule has 22 heavy (non-hydrogen) atoms. The van der Waals surface area contributed by atoms with Crippen LogP contribution < -0.4 is 10.2 Å². The molecule has 0 aliphatic heterocycles. The number of rotatable bonds is 4. The van der Waals surface area contributed by atoms with Gasteiger partial charge in [0.15, 0.2) is 0 Å². The second kappa shape index (κ2) is 6.89. The van der Waals surface area contributed by atoms with Gasteiger partial charge in [0.25, 0.3) is 5.91 Å². The van der Waals surface area contributed by atoms with Crippen molar-refractivity contribution in [2.75, 3.05) is 7.11 Å². The topological polar surface area (TPSA) is 50.7 Å². The van der Waals surface area contributed by atoms with Crippen LogP contribution in [0.3, 0.4) is 0 Å². The van der Waals surface area contributed by atoms with Crippen molar-refractivity contribution in [2.24, 2.45) is 5.10 Å². The molecule has 0 bridgehead atoms. The zero-order valence-corrected chi connectivity index (χ0v) is 13.3. The van der Waals surface area contributed by atoms with Gasteiger partial charge in [-0.1, -0.05) is 18.2 Å². The summed E-state index contributed by atoms with van der Waals surface area (Å²) in [6, 6.07) is 13.1. The number of hydrazone groups is 1. The highest BCUT2D eigenvalue weighted by Crippen LogP contribution is 2.13.